The summed E-state index contributed by atoms with van der Waals surface area (Å²) in [7, 11) is -2.86. The Labute approximate surface area is 81.1 Å². The molecule has 0 rings (SSSR count). The Morgan fingerprint density at radius 3 is 2.54 bits per heavy atom. The second-order valence-corrected chi connectivity index (χ2v) is 5.73. The van der Waals surface area contributed by atoms with Gasteiger partial charge in [-0.3, -0.25) is 0 Å². The highest BCUT2D eigenvalue weighted by Gasteiger charge is 2.11. The molecule has 0 bridgehead atoms. The molecule has 3 nitrogen and oxygen atoms in total. The maximum absolute atomic E-state index is 11.3. The van der Waals surface area contributed by atoms with Crippen LogP contribution in [-0.2, 0) is 9.84 Å². The van der Waals surface area contributed by atoms with E-state index in [2.05, 4.69) is 11.9 Å². The number of rotatable bonds is 7. The van der Waals surface area contributed by atoms with Gasteiger partial charge in [0.2, 0.25) is 0 Å². The van der Waals surface area contributed by atoms with Crippen molar-refractivity contribution in [3.05, 3.63) is 12.7 Å². The molecule has 0 saturated carbocycles. The van der Waals surface area contributed by atoms with Crippen LogP contribution < -0.4 is 5.32 Å². The fourth-order valence-electron chi connectivity index (χ4n) is 1.02. The number of hydrogen-bond acceptors (Lipinski definition) is 3. The molecule has 0 heterocycles. The van der Waals surface area contributed by atoms with E-state index in [1.165, 1.54) is 0 Å². The molecule has 0 fully saturated rings. The van der Waals surface area contributed by atoms with Crippen molar-refractivity contribution in [1.82, 2.24) is 5.32 Å². The van der Waals surface area contributed by atoms with Gasteiger partial charge >= 0.3 is 0 Å². The zero-order valence-electron chi connectivity index (χ0n) is 8.41. The molecule has 0 amide bonds. The van der Waals surface area contributed by atoms with Crippen molar-refractivity contribution in [2.75, 3.05) is 24.6 Å². The van der Waals surface area contributed by atoms with Gasteiger partial charge in [0.05, 0.1) is 11.5 Å². The van der Waals surface area contributed by atoms with Gasteiger partial charge in [0.1, 0.15) is 0 Å². The predicted molar refractivity (Wildman–Crippen MR) is 56.6 cm³/mol. The molecule has 0 aliphatic carbocycles. The van der Waals surface area contributed by atoms with Crippen molar-refractivity contribution in [2.45, 2.75) is 13.8 Å². The molecule has 13 heavy (non-hydrogen) atoms. The van der Waals surface area contributed by atoms with Crippen LogP contribution >= 0.6 is 0 Å². The Morgan fingerprint density at radius 1 is 1.46 bits per heavy atom. The summed E-state index contributed by atoms with van der Waals surface area (Å²) >= 11 is 0. The maximum atomic E-state index is 11.3. The summed E-state index contributed by atoms with van der Waals surface area (Å²) in [5.41, 5.74) is 0. The van der Waals surface area contributed by atoms with Crippen LogP contribution in [0.2, 0.25) is 0 Å². The third kappa shape index (κ3) is 7.99. The Morgan fingerprint density at radius 2 is 2.08 bits per heavy atom. The van der Waals surface area contributed by atoms with Crippen LogP contribution in [0, 0.1) is 5.92 Å². The lowest BCUT2D eigenvalue weighted by molar-refractivity contribution is 0.579. The first-order chi connectivity index (χ1) is 5.98. The van der Waals surface area contributed by atoms with Gasteiger partial charge in [-0.15, -0.1) is 6.58 Å². The van der Waals surface area contributed by atoms with Crippen LogP contribution in [-0.4, -0.2) is 33.0 Å². The highest BCUT2D eigenvalue weighted by atomic mass is 32.2. The molecular formula is C9H19NO2S. The lowest BCUT2D eigenvalue weighted by Crippen LogP contribution is -2.25. The summed E-state index contributed by atoms with van der Waals surface area (Å²) in [6, 6.07) is 0. The smallest absolute Gasteiger partial charge is 0.151 e. The van der Waals surface area contributed by atoms with E-state index >= 15 is 0 Å². The predicted octanol–water partition coefficient (Wildman–Crippen LogP) is 0.833. The van der Waals surface area contributed by atoms with Gasteiger partial charge in [0.25, 0.3) is 0 Å². The van der Waals surface area contributed by atoms with Gasteiger partial charge in [-0.2, -0.15) is 0 Å². The number of sulfone groups is 1. The summed E-state index contributed by atoms with van der Waals surface area (Å²) in [4.78, 5) is 0. The molecule has 78 valence electrons. The van der Waals surface area contributed by atoms with E-state index in [0.717, 1.165) is 0 Å². The molecule has 0 atom stereocenters. The quantitative estimate of drug-likeness (QED) is 0.495. The topological polar surface area (TPSA) is 46.2 Å². The van der Waals surface area contributed by atoms with Crippen molar-refractivity contribution in [1.29, 1.82) is 0 Å². The first-order valence-corrected chi connectivity index (χ1v) is 6.32. The number of nitrogens with one attached hydrogen (secondary N) is 1. The summed E-state index contributed by atoms with van der Waals surface area (Å²) in [5, 5.41) is 2.97. The van der Waals surface area contributed by atoms with Crippen molar-refractivity contribution >= 4 is 9.84 Å². The van der Waals surface area contributed by atoms with Gasteiger partial charge in [-0.25, -0.2) is 8.42 Å². The molecule has 0 spiro atoms. The van der Waals surface area contributed by atoms with E-state index in [4.69, 9.17) is 0 Å². The van der Waals surface area contributed by atoms with Crippen molar-refractivity contribution in [3.8, 4) is 0 Å². The lowest BCUT2D eigenvalue weighted by Gasteiger charge is -2.06. The summed E-state index contributed by atoms with van der Waals surface area (Å²) < 4.78 is 22.7. The Hall–Kier alpha value is -0.350. The monoisotopic (exact) mass is 205 g/mol. The van der Waals surface area contributed by atoms with Crippen molar-refractivity contribution < 1.29 is 8.42 Å². The Bertz CT molecular complexity index is 232. The second kappa shape index (κ2) is 6.16. The van der Waals surface area contributed by atoms with Crippen LogP contribution in [0.5, 0.6) is 0 Å². The number of hydrogen-bond donors (Lipinski definition) is 1. The van der Waals surface area contributed by atoms with Gasteiger partial charge in [0, 0.05) is 13.1 Å². The van der Waals surface area contributed by atoms with Crippen LogP contribution in [0.1, 0.15) is 13.8 Å². The molecule has 0 aromatic heterocycles. The molecule has 0 aromatic carbocycles. The molecular weight excluding hydrogens is 186 g/mol. The van der Waals surface area contributed by atoms with E-state index in [1.54, 1.807) is 6.08 Å². The molecule has 4 heteroatoms. The van der Waals surface area contributed by atoms with Crippen molar-refractivity contribution in [2.24, 2.45) is 5.92 Å². The SMILES string of the molecule is C=CCNCCS(=O)(=O)CC(C)C. The van der Waals surface area contributed by atoms with Crippen LogP contribution in [0.15, 0.2) is 12.7 Å². The fraction of sp³-hybridized carbons (Fsp3) is 0.778. The lowest BCUT2D eigenvalue weighted by atomic mass is 10.3. The average molecular weight is 205 g/mol. The van der Waals surface area contributed by atoms with E-state index in [1.807, 2.05) is 13.8 Å². The average Bonchev–Trinajstić information content (AvgIpc) is 1.95. The van der Waals surface area contributed by atoms with E-state index in [0.29, 0.717) is 13.1 Å². The zero-order valence-corrected chi connectivity index (χ0v) is 9.23. The van der Waals surface area contributed by atoms with Gasteiger partial charge in [0.15, 0.2) is 9.84 Å². The van der Waals surface area contributed by atoms with Gasteiger partial charge < -0.3 is 5.32 Å². The highest BCUT2D eigenvalue weighted by Crippen LogP contribution is 1.99. The summed E-state index contributed by atoms with van der Waals surface area (Å²) in [6.45, 7) is 8.53. The first kappa shape index (κ1) is 12.7. The standard InChI is InChI=1S/C9H19NO2S/c1-4-5-10-6-7-13(11,12)8-9(2)3/h4,9-10H,1,5-8H2,2-3H3. The largest absolute Gasteiger partial charge is 0.312 e. The van der Waals surface area contributed by atoms with Crippen LogP contribution in [0.4, 0.5) is 0 Å². The first-order valence-electron chi connectivity index (χ1n) is 4.50. The molecule has 0 saturated heterocycles. The van der Waals surface area contributed by atoms with Gasteiger partial charge in [-0.1, -0.05) is 19.9 Å². The molecule has 0 aromatic rings. The van der Waals surface area contributed by atoms with Crippen molar-refractivity contribution in [3.63, 3.8) is 0 Å². The molecule has 0 aliphatic heterocycles. The highest BCUT2D eigenvalue weighted by molar-refractivity contribution is 7.91. The minimum Gasteiger partial charge on any atom is -0.312 e. The maximum Gasteiger partial charge on any atom is 0.151 e. The fourth-order valence-corrected chi connectivity index (χ4v) is 2.66. The Balaban J connectivity index is 3.70. The van der Waals surface area contributed by atoms with Crippen LogP contribution in [0.3, 0.4) is 0 Å². The van der Waals surface area contributed by atoms with Gasteiger partial charge in [-0.05, 0) is 5.92 Å². The third-order valence-electron chi connectivity index (χ3n) is 1.47. The molecule has 1 N–H and O–H groups in total. The molecule has 0 unspecified atom stereocenters. The summed E-state index contributed by atoms with van der Waals surface area (Å²) in [5.74, 6) is 0.714. The zero-order chi connectivity index (χ0) is 10.3. The van der Waals surface area contributed by atoms with E-state index in [9.17, 15) is 8.42 Å². The second-order valence-electron chi connectivity index (χ2n) is 3.50. The normalized spacial score (nSPS) is 11.9. The van der Waals surface area contributed by atoms with E-state index in [-0.39, 0.29) is 17.4 Å². The minimum atomic E-state index is -2.86. The van der Waals surface area contributed by atoms with E-state index < -0.39 is 9.84 Å². The summed E-state index contributed by atoms with van der Waals surface area (Å²) in [6.07, 6.45) is 1.72. The van der Waals surface area contributed by atoms with Crippen LogP contribution in [0.25, 0.3) is 0 Å². The Kier molecular flexibility index (Phi) is 5.99. The molecule has 0 aliphatic rings. The third-order valence-corrected chi connectivity index (χ3v) is 3.47. The molecule has 0 radical (unpaired) electrons. The minimum absolute atomic E-state index is 0.212.